The van der Waals surface area contributed by atoms with Crippen LogP contribution in [0.1, 0.15) is 19.0 Å². The van der Waals surface area contributed by atoms with Gasteiger partial charge in [-0.25, -0.2) is 4.98 Å². The third-order valence-corrected chi connectivity index (χ3v) is 3.25. The number of benzene rings is 1. The fourth-order valence-electron chi connectivity index (χ4n) is 1.57. The zero-order valence-corrected chi connectivity index (χ0v) is 12.4. The molecular formula is C13H14BrClN2O. The Morgan fingerprint density at radius 2 is 2.28 bits per heavy atom. The average Bonchev–Trinajstić information content (AvgIpc) is 2.78. The van der Waals surface area contributed by atoms with Crippen LogP contribution in [0, 0.1) is 0 Å². The number of nitrogens with zero attached hydrogens (tertiary/aromatic N) is 1. The van der Waals surface area contributed by atoms with Crippen LogP contribution < -0.4 is 5.32 Å². The van der Waals surface area contributed by atoms with Crippen molar-refractivity contribution in [2.75, 3.05) is 6.54 Å². The van der Waals surface area contributed by atoms with Crippen LogP contribution in [0.2, 0.25) is 5.02 Å². The normalized spacial score (nSPS) is 10.8. The second-order valence-electron chi connectivity index (χ2n) is 3.94. The largest absolute Gasteiger partial charge is 0.444 e. The van der Waals surface area contributed by atoms with Crippen LogP contribution in [-0.4, -0.2) is 11.5 Å². The Kier molecular flexibility index (Phi) is 4.80. The van der Waals surface area contributed by atoms with Gasteiger partial charge in [-0.2, -0.15) is 0 Å². The van der Waals surface area contributed by atoms with Gasteiger partial charge in [0.15, 0.2) is 0 Å². The van der Waals surface area contributed by atoms with Crippen molar-refractivity contribution in [2.45, 2.75) is 19.9 Å². The van der Waals surface area contributed by atoms with Crippen LogP contribution in [0.4, 0.5) is 0 Å². The van der Waals surface area contributed by atoms with E-state index in [2.05, 4.69) is 33.2 Å². The molecule has 0 saturated carbocycles. The predicted molar refractivity (Wildman–Crippen MR) is 76.6 cm³/mol. The monoisotopic (exact) mass is 328 g/mol. The van der Waals surface area contributed by atoms with Crippen molar-refractivity contribution in [2.24, 2.45) is 0 Å². The molecule has 0 aliphatic carbocycles. The quantitative estimate of drug-likeness (QED) is 0.833. The van der Waals surface area contributed by atoms with Crippen LogP contribution in [0.15, 0.2) is 33.4 Å². The van der Waals surface area contributed by atoms with Crippen molar-refractivity contribution in [3.05, 3.63) is 39.7 Å². The maximum atomic E-state index is 6.15. The summed E-state index contributed by atoms with van der Waals surface area (Å²) in [5.74, 6) is 0.556. The van der Waals surface area contributed by atoms with Crippen LogP contribution in [0.3, 0.4) is 0 Å². The fraction of sp³-hybridized carbons (Fsp3) is 0.308. The van der Waals surface area contributed by atoms with E-state index in [1.54, 1.807) is 6.26 Å². The van der Waals surface area contributed by atoms with E-state index in [9.17, 15) is 0 Å². The van der Waals surface area contributed by atoms with E-state index < -0.39 is 0 Å². The van der Waals surface area contributed by atoms with Gasteiger partial charge < -0.3 is 9.73 Å². The minimum atomic E-state index is 0.556. The Balaban J connectivity index is 2.13. The third-order valence-electron chi connectivity index (χ3n) is 2.45. The molecule has 3 nitrogen and oxygen atoms in total. The smallest absolute Gasteiger partial charge is 0.227 e. The molecule has 0 fully saturated rings. The van der Waals surface area contributed by atoms with Gasteiger partial charge in [0.2, 0.25) is 5.89 Å². The molecule has 5 heteroatoms. The molecule has 0 bridgehead atoms. The van der Waals surface area contributed by atoms with Gasteiger partial charge in [0.25, 0.3) is 0 Å². The molecule has 0 atom stereocenters. The van der Waals surface area contributed by atoms with E-state index in [1.807, 2.05) is 18.2 Å². The van der Waals surface area contributed by atoms with E-state index in [0.29, 0.717) is 17.5 Å². The Labute approximate surface area is 120 Å². The van der Waals surface area contributed by atoms with Gasteiger partial charge in [-0.3, -0.25) is 0 Å². The number of aromatic nitrogens is 1. The van der Waals surface area contributed by atoms with Gasteiger partial charge in [0, 0.05) is 11.0 Å². The molecule has 0 saturated heterocycles. The summed E-state index contributed by atoms with van der Waals surface area (Å²) < 4.78 is 6.39. The van der Waals surface area contributed by atoms with E-state index in [4.69, 9.17) is 16.0 Å². The van der Waals surface area contributed by atoms with Gasteiger partial charge in [0.1, 0.15) is 6.26 Å². The number of hydrogen-bond acceptors (Lipinski definition) is 3. The third kappa shape index (κ3) is 3.34. The molecule has 1 heterocycles. The highest BCUT2D eigenvalue weighted by Gasteiger charge is 2.10. The van der Waals surface area contributed by atoms with Crippen LogP contribution in [0.5, 0.6) is 0 Å². The van der Waals surface area contributed by atoms with Gasteiger partial charge in [-0.15, -0.1) is 0 Å². The molecule has 0 radical (unpaired) electrons. The summed E-state index contributed by atoms with van der Waals surface area (Å²) in [6, 6.07) is 5.64. The Bertz CT molecular complexity index is 527. The fourth-order valence-corrected chi connectivity index (χ4v) is 2.32. The number of rotatable bonds is 5. The lowest BCUT2D eigenvalue weighted by Crippen LogP contribution is -2.13. The summed E-state index contributed by atoms with van der Waals surface area (Å²) in [6.07, 6.45) is 2.76. The summed E-state index contributed by atoms with van der Waals surface area (Å²) in [7, 11) is 0. The first kappa shape index (κ1) is 13.6. The molecule has 1 aromatic carbocycles. The summed E-state index contributed by atoms with van der Waals surface area (Å²) >= 11 is 9.53. The summed E-state index contributed by atoms with van der Waals surface area (Å²) in [6.45, 7) is 3.82. The highest BCUT2D eigenvalue weighted by Crippen LogP contribution is 2.29. The van der Waals surface area contributed by atoms with Gasteiger partial charge in [-0.05, 0) is 31.2 Å². The lowest BCUT2D eigenvalue weighted by atomic mass is 10.2. The van der Waals surface area contributed by atoms with E-state index in [0.717, 1.165) is 28.7 Å². The molecule has 1 N–H and O–H groups in total. The number of oxazole rings is 1. The molecule has 2 rings (SSSR count). The summed E-state index contributed by atoms with van der Waals surface area (Å²) in [5, 5.41) is 3.90. The first-order valence-corrected chi connectivity index (χ1v) is 6.98. The van der Waals surface area contributed by atoms with Crippen LogP contribution in [0.25, 0.3) is 11.5 Å². The average molecular weight is 330 g/mol. The van der Waals surface area contributed by atoms with Crippen molar-refractivity contribution in [3.8, 4) is 11.5 Å². The second-order valence-corrected chi connectivity index (χ2v) is 5.27. The summed E-state index contributed by atoms with van der Waals surface area (Å²) in [5.41, 5.74) is 1.69. The highest BCUT2D eigenvalue weighted by atomic mass is 79.9. The highest BCUT2D eigenvalue weighted by molar-refractivity contribution is 9.10. The molecular weight excluding hydrogens is 316 g/mol. The van der Waals surface area contributed by atoms with Crippen molar-refractivity contribution >= 4 is 27.5 Å². The lowest BCUT2D eigenvalue weighted by Gasteiger charge is -2.00. The maximum Gasteiger partial charge on any atom is 0.227 e. The molecule has 18 heavy (non-hydrogen) atoms. The predicted octanol–water partition coefficient (Wildman–Crippen LogP) is 4.26. The Hall–Kier alpha value is -0.840. The molecule has 1 aromatic heterocycles. The lowest BCUT2D eigenvalue weighted by molar-refractivity contribution is 0.570. The van der Waals surface area contributed by atoms with Crippen molar-refractivity contribution in [1.29, 1.82) is 0 Å². The van der Waals surface area contributed by atoms with Crippen molar-refractivity contribution in [3.63, 3.8) is 0 Å². The minimum absolute atomic E-state index is 0.556. The number of nitrogens with one attached hydrogen (secondary N) is 1. The summed E-state index contributed by atoms with van der Waals surface area (Å²) in [4.78, 5) is 4.41. The van der Waals surface area contributed by atoms with Gasteiger partial charge in [-0.1, -0.05) is 34.5 Å². The number of hydrogen-bond donors (Lipinski definition) is 1. The van der Waals surface area contributed by atoms with E-state index in [-0.39, 0.29) is 0 Å². The second kappa shape index (κ2) is 6.36. The molecule has 0 amide bonds. The molecule has 0 spiro atoms. The molecule has 0 aliphatic rings. The van der Waals surface area contributed by atoms with Gasteiger partial charge in [0.05, 0.1) is 16.3 Å². The van der Waals surface area contributed by atoms with E-state index >= 15 is 0 Å². The molecule has 0 unspecified atom stereocenters. The maximum absolute atomic E-state index is 6.15. The van der Waals surface area contributed by atoms with Crippen LogP contribution in [-0.2, 0) is 6.54 Å². The first-order chi connectivity index (χ1) is 8.70. The SMILES string of the molecule is CCCNCc1coc(-c2ccc(Br)cc2Cl)n1. The Morgan fingerprint density at radius 3 is 3.00 bits per heavy atom. The molecule has 0 aliphatic heterocycles. The zero-order chi connectivity index (χ0) is 13.0. The standard InChI is InChI=1S/C13H14BrClN2O/c1-2-5-16-7-10-8-18-13(17-10)11-4-3-9(14)6-12(11)15/h3-4,6,8,16H,2,5,7H2,1H3. The van der Waals surface area contributed by atoms with Gasteiger partial charge >= 0.3 is 0 Å². The Morgan fingerprint density at radius 1 is 1.44 bits per heavy atom. The minimum Gasteiger partial charge on any atom is -0.444 e. The van der Waals surface area contributed by atoms with Crippen LogP contribution >= 0.6 is 27.5 Å². The molecule has 2 aromatic rings. The number of halogens is 2. The van der Waals surface area contributed by atoms with Crippen molar-refractivity contribution in [1.82, 2.24) is 10.3 Å². The molecule has 96 valence electrons. The topological polar surface area (TPSA) is 38.1 Å². The first-order valence-electron chi connectivity index (χ1n) is 5.81. The zero-order valence-electron chi connectivity index (χ0n) is 10.0. The van der Waals surface area contributed by atoms with E-state index in [1.165, 1.54) is 0 Å². The van der Waals surface area contributed by atoms with Crippen molar-refractivity contribution < 1.29 is 4.42 Å².